The fraction of sp³-hybridized carbons (Fsp3) is 0.632. The molecule has 10 heteroatoms. The summed E-state index contributed by atoms with van der Waals surface area (Å²) in [5, 5.41) is 8.21. The molecule has 0 bridgehead atoms. The number of morpholine rings is 1. The summed E-state index contributed by atoms with van der Waals surface area (Å²) in [7, 11) is -3.62. The van der Waals surface area contributed by atoms with E-state index in [2.05, 4.69) is 17.2 Å². The molecule has 1 aromatic carbocycles. The number of amides is 1. The lowest BCUT2D eigenvalue weighted by molar-refractivity contribution is -0.140. The average Bonchev–Trinajstić information content (AvgIpc) is 3.16. The minimum atomic E-state index is -3.62. The smallest absolute Gasteiger partial charge is 0.243 e. The molecule has 2 aliphatic heterocycles. The van der Waals surface area contributed by atoms with Crippen molar-refractivity contribution >= 4 is 27.0 Å². The van der Waals surface area contributed by atoms with Gasteiger partial charge in [-0.25, -0.2) is 13.1 Å². The molecule has 4 rings (SSSR count). The van der Waals surface area contributed by atoms with Crippen molar-refractivity contribution in [1.82, 2.24) is 24.2 Å². The van der Waals surface area contributed by atoms with Gasteiger partial charge in [0.05, 0.1) is 23.6 Å². The van der Waals surface area contributed by atoms with Gasteiger partial charge in [0.2, 0.25) is 15.9 Å². The van der Waals surface area contributed by atoms with E-state index >= 15 is 0 Å². The van der Waals surface area contributed by atoms with Gasteiger partial charge in [0.1, 0.15) is 5.52 Å². The summed E-state index contributed by atoms with van der Waals surface area (Å²) >= 11 is 0. The van der Waals surface area contributed by atoms with Crippen molar-refractivity contribution in [1.29, 1.82) is 0 Å². The Labute approximate surface area is 170 Å². The summed E-state index contributed by atoms with van der Waals surface area (Å²) in [5.74, 6) is 0.00952. The summed E-state index contributed by atoms with van der Waals surface area (Å²) < 4.78 is 34.8. The molecule has 0 N–H and O–H groups in total. The van der Waals surface area contributed by atoms with Gasteiger partial charge in [-0.3, -0.25) is 4.79 Å². The van der Waals surface area contributed by atoms with Crippen LogP contribution in [-0.4, -0.2) is 77.9 Å². The summed E-state index contributed by atoms with van der Waals surface area (Å²) in [6, 6.07) is 4.99. The zero-order valence-electron chi connectivity index (χ0n) is 16.7. The van der Waals surface area contributed by atoms with Crippen LogP contribution in [0.4, 0.5) is 0 Å². The van der Waals surface area contributed by atoms with Gasteiger partial charge in [-0.1, -0.05) is 12.1 Å². The van der Waals surface area contributed by atoms with Gasteiger partial charge < -0.3 is 9.64 Å². The van der Waals surface area contributed by atoms with Crippen LogP contribution in [0.5, 0.6) is 0 Å². The van der Waals surface area contributed by atoms with Crippen LogP contribution in [-0.2, 0) is 26.1 Å². The van der Waals surface area contributed by atoms with E-state index in [1.54, 1.807) is 22.9 Å². The number of nitrogens with zero attached hydrogens (tertiary/aromatic N) is 5. The van der Waals surface area contributed by atoms with Gasteiger partial charge in [-0.2, -0.15) is 4.31 Å². The molecule has 2 fully saturated rings. The zero-order chi connectivity index (χ0) is 20.4. The summed E-state index contributed by atoms with van der Waals surface area (Å²) in [4.78, 5) is 14.7. The second kappa shape index (κ2) is 8.37. The van der Waals surface area contributed by atoms with E-state index in [1.807, 2.05) is 4.90 Å². The Kier molecular flexibility index (Phi) is 5.84. The van der Waals surface area contributed by atoms with Crippen molar-refractivity contribution < 1.29 is 17.9 Å². The highest BCUT2D eigenvalue weighted by Gasteiger charge is 2.34. The molecule has 1 amide bonds. The van der Waals surface area contributed by atoms with Crippen LogP contribution in [0, 0.1) is 5.92 Å². The quantitative estimate of drug-likeness (QED) is 0.717. The first kappa shape index (κ1) is 20.2. The molecule has 0 radical (unpaired) electrons. The van der Waals surface area contributed by atoms with Crippen LogP contribution in [0.2, 0.25) is 0 Å². The van der Waals surface area contributed by atoms with Crippen LogP contribution in [0.3, 0.4) is 0 Å². The van der Waals surface area contributed by atoms with Crippen LogP contribution >= 0.6 is 0 Å². The molecule has 3 heterocycles. The van der Waals surface area contributed by atoms with Gasteiger partial charge in [0.25, 0.3) is 0 Å². The minimum Gasteiger partial charge on any atom is -0.378 e. The lowest BCUT2D eigenvalue weighted by Gasteiger charge is -2.35. The number of fused-ring (bicyclic) bond motifs is 1. The molecule has 1 aromatic heterocycles. The van der Waals surface area contributed by atoms with Crippen molar-refractivity contribution in [3.05, 3.63) is 18.2 Å². The summed E-state index contributed by atoms with van der Waals surface area (Å²) in [6.45, 7) is 5.89. The summed E-state index contributed by atoms with van der Waals surface area (Å²) in [6.07, 6.45) is 2.02. The third-order valence-corrected chi connectivity index (χ3v) is 7.58. The van der Waals surface area contributed by atoms with E-state index in [0.717, 1.165) is 18.5 Å². The van der Waals surface area contributed by atoms with E-state index in [1.165, 1.54) is 4.31 Å². The Bertz CT molecular complexity index is 976. The molecule has 0 aliphatic carbocycles. The van der Waals surface area contributed by atoms with Gasteiger partial charge in [-0.15, -0.1) is 5.10 Å². The number of ether oxygens (including phenoxy) is 1. The molecule has 0 spiro atoms. The third-order valence-electron chi connectivity index (χ3n) is 5.68. The van der Waals surface area contributed by atoms with Crippen molar-refractivity contribution in [2.24, 2.45) is 5.92 Å². The van der Waals surface area contributed by atoms with Crippen LogP contribution < -0.4 is 0 Å². The molecule has 9 nitrogen and oxygen atoms in total. The maximum Gasteiger partial charge on any atom is 0.243 e. The van der Waals surface area contributed by atoms with Crippen LogP contribution in [0.25, 0.3) is 11.0 Å². The number of rotatable bonds is 5. The first-order valence-electron chi connectivity index (χ1n) is 10.2. The van der Waals surface area contributed by atoms with Crippen LogP contribution in [0.1, 0.15) is 26.2 Å². The maximum atomic E-state index is 13.1. The fourth-order valence-corrected chi connectivity index (χ4v) is 5.51. The number of hydrogen-bond donors (Lipinski definition) is 0. The number of sulfonamides is 1. The topological polar surface area (TPSA) is 97.6 Å². The molecular formula is C19H27N5O4S. The second-order valence-electron chi connectivity index (χ2n) is 7.58. The van der Waals surface area contributed by atoms with E-state index in [9.17, 15) is 13.2 Å². The molecular weight excluding hydrogens is 394 g/mol. The summed E-state index contributed by atoms with van der Waals surface area (Å²) in [5.41, 5.74) is 1.41. The Hall–Kier alpha value is -2.04. The lowest BCUT2D eigenvalue weighted by atomic mass is 9.96. The standard InChI is InChI=1S/C19H27N5O4S/c1-2-7-24-18-4-3-16(14-17(18)20-21-24)29(26,27)23-8-5-15(6-9-23)19(25)22-10-12-28-13-11-22/h3-4,14-15H,2,5-13H2,1H3. The SMILES string of the molecule is CCCn1nnc2cc(S(=O)(=O)N3CCC(C(=O)N4CCOCC4)CC3)ccc21. The maximum absolute atomic E-state index is 13.1. The molecule has 29 heavy (non-hydrogen) atoms. The van der Waals surface area contributed by atoms with Crippen molar-refractivity contribution in [2.75, 3.05) is 39.4 Å². The predicted molar refractivity (Wildman–Crippen MR) is 107 cm³/mol. The number of benzene rings is 1. The number of aromatic nitrogens is 3. The van der Waals surface area contributed by atoms with Gasteiger partial charge >= 0.3 is 0 Å². The number of carbonyl (C=O) groups excluding carboxylic acids is 1. The molecule has 2 aliphatic rings. The Morgan fingerprint density at radius 2 is 1.90 bits per heavy atom. The number of aryl methyl sites for hydroxylation is 1. The largest absolute Gasteiger partial charge is 0.378 e. The van der Waals surface area contributed by atoms with Crippen LogP contribution in [0.15, 0.2) is 23.1 Å². The second-order valence-corrected chi connectivity index (χ2v) is 9.52. The van der Waals surface area contributed by atoms with E-state index in [0.29, 0.717) is 57.8 Å². The minimum absolute atomic E-state index is 0.115. The zero-order valence-corrected chi connectivity index (χ0v) is 17.5. The fourth-order valence-electron chi connectivity index (χ4n) is 4.02. The highest BCUT2D eigenvalue weighted by atomic mass is 32.2. The third kappa shape index (κ3) is 4.01. The number of piperidine rings is 1. The average molecular weight is 422 g/mol. The normalized spacial score (nSPS) is 19.7. The predicted octanol–water partition coefficient (Wildman–Crippen LogP) is 1.10. The highest BCUT2D eigenvalue weighted by molar-refractivity contribution is 7.89. The lowest BCUT2D eigenvalue weighted by Crippen LogP contribution is -2.47. The Morgan fingerprint density at radius 3 is 2.59 bits per heavy atom. The molecule has 0 saturated carbocycles. The molecule has 2 saturated heterocycles. The van der Waals surface area contributed by atoms with E-state index in [4.69, 9.17) is 4.74 Å². The van der Waals surface area contributed by atoms with E-state index < -0.39 is 10.0 Å². The Morgan fingerprint density at radius 1 is 1.17 bits per heavy atom. The molecule has 2 aromatic rings. The first-order chi connectivity index (χ1) is 14.0. The highest BCUT2D eigenvalue weighted by Crippen LogP contribution is 2.27. The first-order valence-corrected chi connectivity index (χ1v) is 11.6. The van der Waals surface area contributed by atoms with Gasteiger partial charge in [0.15, 0.2) is 0 Å². The van der Waals surface area contributed by atoms with Gasteiger partial charge in [0, 0.05) is 38.6 Å². The van der Waals surface area contributed by atoms with Crippen molar-refractivity contribution in [3.8, 4) is 0 Å². The van der Waals surface area contributed by atoms with E-state index in [-0.39, 0.29) is 16.7 Å². The number of carbonyl (C=O) groups is 1. The number of hydrogen-bond acceptors (Lipinski definition) is 6. The van der Waals surface area contributed by atoms with Gasteiger partial charge in [-0.05, 0) is 37.5 Å². The van der Waals surface area contributed by atoms with Crippen molar-refractivity contribution in [2.45, 2.75) is 37.6 Å². The monoisotopic (exact) mass is 421 g/mol. The molecule has 0 atom stereocenters. The Balaban J connectivity index is 1.44. The molecule has 0 unspecified atom stereocenters. The van der Waals surface area contributed by atoms with Crippen molar-refractivity contribution in [3.63, 3.8) is 0 Å². The molecule has 158 valence electrons.